The van der Waals surface area contributed by atoms with Crippen LogP contribution >= 0.6 is 11.3 Å². The Kier molecular flexibility index (Phi) is 3.76. The van der Waals surface area contributed by atoms with Gasteiger partial charge in [0.05, 0.1) is 5.56 Å². The van der Waals surface area contributed by atoms with Crippen molar-refractivity contribution in [2.45, 2.75) is 12.3 Å². The molecule has 28 heavy (non-hydrogen) atoms. The van der Waals surface area contributed by atoms with E-state index in [4.69, 9.17) is 9.47 Å². The predicted molar refractivity (Wildman–Crippen MR) is 94.4 cm³/mol. The molecule has 1 aliphatic rings. The minimum absolute atomic E-state index is 0.302. The molecule has 0 radical (unpaired) electrons. The van der Waals surface area contributed by atoms with Crippen molar-refractivity contribution in [1.29, 1.82) is 0 Å². The second-order valence-corrected chi connectivity index (χ2v) is 7.09. The summed E-state index contributed by atoms with van der Waals surface area (Å²) < 4.78 is 51.5. The van der Waals surface area contributed by atoms with E-state index in [0.717, 1.165) is 12.1 Å². The Morgan fingerprint density at radius 3 is 2.50 bits per heavy atom. The van der Waals surface area contributed by atoms with E-state index < -0.39 is 17.8 Å². The minimum atomic E-state index is -4.39. The first kappa shape index (κ1) is 17.0. The zero-order valence-corrected chi connectivity index (χ0v) is 14.9. The van der Waals surface area contributed by atoms with Gasteiger partial charge in [-0.15, -0.1) is 10.2 Å². The highest BCUT2D eigenvalue weighted by atomic mass is 32.1. The number of rotatable bonds is 2. The second kappa shape index (κ2) is 6.20. The van der Waals surface area contributed by atoms with Crippen molar-refractivity contribution in [3.63, 3.8) is 0 Å². The zero-order valence-electron chi connectivity index (χ0n) is 14.1. The van der Waals surface area contributed by atoms with Crippen LogP contribution in [0.1, 0.15) is 16.7 Å². The van der Waals surface area contributed by atoms with Crippen LogP contribution in [-0.4, -0.2) is 26.4 Å². The molecule has 1 aliphatic heterocycles. The molecule has 0 saturated carbocycles. The van der Waals surface area contributed by atoms with Crippen molar-refractivity contribution < 1.29 is 22.6 Å². The molecule has 2 aromatic heterocycles. The number of para-hydroxylation sites is 2. The summed E-state index contributed by atoms with van der Waals surface area (Å²) in [5, 5.41) is 13.3. The third kappa shape index (κ3) is 2.85. The summed E-state index contributed by atoms with van der Waals surface area (Å²) in [6.07, 6.45) is -4.79. The van der Waals surface area contributed by atoms with E-state index in [1.807, 2.05) is 24.3 Å². The van der Waals surface area contributed by atoms with Crippen LogP contribution in [-0.2, 0) is 6.18 Å². The summed E-state index contributed by atoms with van der Waals surface area (Å²) in [5.74, 6) is 1.67. The normalized spacial score (nSPS) is 16.5. The number of nitrogens with zero attached hydrogens (tertiary/aromatic N) is 4. The van der Waals surface area contributed by atoms with E-state index in [9.17, 15) is 13.2 Å². The summed E-state index contributed by atoms with van der Waals surface area (Å²) in [5.41, 5.74) is -0.231. The Bertz CT molecular complexity index is 1150. The van der Waals surface area contributed by atoms with Gasteiger partial charge in [0.15, 0.2) is 28.4 Å². The first-order chi connectivity index (χ1) is 13.5. The Balaban J connectivity index is 1.46. The number of aromatic nitrogens is 4. The smallest absolute Gasteiger partial charge is 0.416 e. The monoisotopic (exact) mass is 404 g/mol. The fourth-order valence-electron chi connectivity index (χ4n) is 2.89. The molecule has 2 aromatic carbocycles. The quantitative estimate of drug-likeness (QED) is 0.496. The van der Waals surface area contributed by atoms with Crippen LogP contribution in [0.15, 0.2) is 48.5 Å². The van der Waals surface area contributed by atoms with E-state index >= 15 is 0 Å². The Morgan fingerprint density at radius 1 is 1.00 bits per heavy atom. The summed E-state index contributed by atoms with van der Waals surface area (Å²) in [7, 11) is 0. The summed E-state index contributed by atoms with van der Waals surface area (Å²) in [6.45, 7) is 0.302. The maximum atomic E-state index is 12.8. The molecule has 0 aliphatic carbocycles. The highest BCUT2D eigenvalue weighted by Crippen LogP contribution is 2.37. The molecule has 0 spiro atoms. The lowest BCUT2D eigenvalue weighted by molar-refractivity contribution is -0.137. The predicted octanol–water partition coefficient (Wildman–Crippen LogP) is 4.38. The van der Waals surface area contributed by atoms with Gasteiger partial charge in [0, 0.05) is 5.56 Å². The van der Waals surface area contributed by atoms with Crippen molar-refractivity contribution in [3.05, 3.63) is 59.1 Å². The summed E-state index contributed by atoms with van der Waals surface area (Å²) >= 11 is 1.29. The Hall–Kier alpha value is -3.14. The summed E-state index contributed by atoms with van der Waals surface area (Å²) in [6, 6.07) is 12.1. The van der Waals surface area contributed by atoms with Gasteiger partial charge in [0.2, 0.25) is 4.96 Å². The lowest BCUT2D eigenvalue weighted by Crippen LogP contribution is -2.21. The molecule has 0 fully saturated rings. The molecule has 142 valence electrons. The number of ether oxygens (including phenoxy) is 2. The van der Waals surface area contributed by atoms with E-state index in [1.165, 1.54) is 28.0 Å². The number of benzene rings is 2. The highest BCUT2D eigenvalue weighted by Gasteiger charge is 2.30. The van der Waals surface area contributed by atoms with Gasteiger partial charge >= 0.3 is 6.18 Å². The Morgan fingerprint density at radius 2 is 1.75 bits per heavy atom. The molecule has 1 unspecified atom stereocenters. The fourth-order valence-corrected chi connectivity index (χ4v) is 3.74. The van der Waals surface area contributed by atoms with Crippen molar-refractivity contribution in [2.24, 2.45) is 0 Å². The average molecular weight is 404 g/mol. The molecule has 0 saturated heterocycles. The first-order valence-electron chi connectivity index (χ1n) is 8.27. The van der Waals surface area contributed by atoms with E-state index in [0.29, 0.717) is 39.5 Å². The van der Waals surface area contributed by atoms with Gasteiger partial charge < -0.3 is 9.47 Å². The number of fused-ring (bicyclic) bond motifs is 2. The van der Waals surface area contributed by atoms with Crippen LogP contribution in [0.4, 0.5) is 13.2 Å². The molecule has 6 nitrogen and oxygen atoms in total. The molecule has 0 N–H and O–H groups in total. The van der Waals surface area contributed by atoms with Crippen molar-refractivity contribution >= 4 is 16.3 Å². The maximum absolute atomic E-state index is 12.8. The number of hydrogen-bond acceptors (Lipinski definition) is 6. The Labute approximate surface area is 160 Å². The number of halogens is 3. The van der Waals surface area contributed by atoms with Gasteiger partial charge in [-0.2, -0.15) is 22.8 Å². The number of hydrogen-bond donors (Lipinski definition) is 0. The van der Waals surface area contributed by atoms with Crippen LogP contribution < -0.4 is 9.47 Å². The van der Waals surface area contributed by atoms with Crippen molar-refractivity contribution in [2.75, 3.05) is 6.61 Å². The van der Waals surface area contributed by atoms with Crippen LogP contribution in [0, 0.1) is 0 Å². The molecule has 4 aromatic rings. The minimum Gasteiger partial charge on any atom is -0.485 e. The molecule has 10 heteroatoms. The molecule has 0 bridgehead atoms. The summed E-state index contributed by atoms with van der Waals surface area (Å²) in [4.78, 5) is 0.521. The highest BCUT2D eigenvalue weighted by molar-refractivity contribution is 7.16. The topological polar surface area (TPSA) is 61.5 Å². The largest absolute Gasteiger partial charge is 0.485 e. The standard InChI is InChI=1S/C18H11F3N4O2S/c19-18(20,21)11-7-5-10(6-8-11)15-22-23-17-25(15)24-16(28-17)14-9-26-12-3-1-2-4-13(12)27-14/h1-8,14H,9H2. The lowest BCUT2D eigenvalue weighted by Gasteiger charge is -2.24. The van der Waals surface area contributed by atoms with Crippen LogP contribution in [0.5, 0.6) is 11.5 Å². The molecule has 5 rings (SSSR count). The van der Waals surface area contributed by atoms with Gasteiger partial charge in [-0.3, -0.25) is 0 Å². The van der Waals surface area contributed by atoms with Gasteiger partial charge in [-0.25, -0.2) is 0 Å². The molecule has 3 heterocycles. The fraction of sp³-hybridized carbons (Fsp3) is 0.167. The zero-order chi connectivity index (χ0) is 19.3. The molecular formula is C18H11F3N4O2S. The number of alkyl halides is 3. The van der Waals surface area contributed by atoms with Crippen LogP contribution in [0.25, 0.3) is 16.3 Å². The van der Waals surface area contributed by atoms with Gasteiger partial charge in [0.1, 0.15) is 6.61 Å². The molecular weight excluding hydrogens is 393 g/mol. The van der Waals surface area contributed by atoms with Gasteiger partial charge in [0.25, 0.3) is 0 Å². The van der Waals surface area contributed by atoms with Gasteiger partial charge in [-0.05, 0) is 24.3 Å². The third-order valence-electron chi connectivity index (χ3n) is 4.26. The van der Waals surface area contributed by atoms with Gasteiger partial charge in [-0.1, -0.05) is 35.6 Å². The lowest BCUT2D eigenvalue weighted by atomic mass is 10.1. The van der Waals surface area contributed by atoms with E-state index in [-0.39, 0.29) is 0 Å². The second-order valence-electron chi connectivity index (χ2n) is 6.10. The average Bonchev–Trinajstić information content (AvgIpc) is 3.28. The van der Waals surface area contributed by atoms with Crippen LogP contribution in [0.3, 0.4) is 0 Å². The van der Waals surface area contributed by atoms with Crippen molar-refractivity contribution in [1.82, 2.24) is 19.8 Å². The van der Waals surface area contributed by atoms with Crippen molar-refractivity contribution in [3.8, 4) is 22.9 Å². The first-order valence-corrected chi connectivity index (χ1v) is 9.09. The van der Waals surface area contributed by atoms with E-state index in [2.05, 4.69) is 15.3 Å². The SMILES string of the molecule is FC(F)(F)c1ccc(-c2nnc3sc(C4COc5ccccc5O4)nn23)cc1. The molecule has 1 atom stereocenters. The van der Waals surface area contributed by atoms with E-state index in [1.54, 1.807) is 0 Å². The maximum Gasteiger partial charge on any atom is 0.416 e. The third-order valence-corrected chi connectivity index (χ3v) is 5.25. The van der Waals surface area contributed by atoms with Crippen LogP contribution in [0.2, 0.25) is 0 Å². The molecule has 0 amide bonds.